The first kappa shape index (κ1) is 11.1. The predicted octanol–water partition coefficient (Wildman–Crippen LogP) is 2.42. The highest BCUT2D eigenvalue weighted by molar-refractivity contribution is 5.41. The molecule has 0 saturated heterocycles. The maximum atomic E-state index is 5.48. The van der Waals surface area contributed by atoms with Crippen LogP contribution < -0.4 is 10.1 Å². The first-order valence-electron chi connectivity index (χ1n) is 5.06. The second-order valence-electron chi connectivity index (χ2n) is 3.50. The summed E-state index contributed by atoms with van der Waals surface area (Å²) in [6.45, 7) is 7.91. The molecule has 1 N–H and O–H groups in total. The monoisotopic (exact) mass is 193 g/mol. The van der Waals surface area contributed by atoms with Gasteiger partial charge in [-0.25, -0.2) is 0 Å². The van der Waals surface area contributed by atoms with Crippen LogP contribution in [0.15, 0.2) is 12.1 Å². The second-order valence-corrected chi connectivity index (χ2v) is 3.50. The van der Waals surface area contributed by atoms with E-state index in [0.717, 1.165) is 18.9 Å². The molecule has 2 nitrogen and oxygen atoms in total. The van der Waals surface area contributed by atoms with Gasteiger partial charge in [0.05, 0.1) is 6.61 Å². The molecule has 0 amide bonds. The van der Waals surface area contributed by atoms with E-state index < -0.39 is 0 Å². The maximum Gasteiger partial charge on any atom is 0.119 e. The van der Waals surface area contributed by atoms with Gasteiger partial charge in [-0.05, 0) is 56.6 Å². The van der Waals surface area contributed by atoms with Gasteiger partial charge in [0.25, 0.3) is 0 Å². The van der Waals surface area contributed by atoms with E-state index in [-0.39, 0.29) is 0 Å². The van der Waals surface area contributed by atoms with Gasteiger partial charge in [-0.2, -0.15) is 0 Å². The zero-order chi connectivity index (χ0) is 10.6. The van der Waals surface area contributed by atoms with E-state index >= 15 is 0 Å². The van der Waals surface area contributed by atoms with E-state index in [2.05, 4.69) is 31.3 Å². The Bertz CT molecular complexity index is 284. The molecule has 0 aliphatic rings. The SMILES string of the molecule is CCOc1cc(C)c(CNC)c(C)c1. The van der Waals surface area contributed by atoms with E-state index in [0.29, 0.717) is 0 Å². The minimum atomic E-state index is 0.726. The molecule has 0 spiro atoms. The standard InChI is InChI=1S/C12H19NO/c1-5-14-11-6-9(2)12(8-13-4)10(3)7-11/h6-7,13H,5,8H2,1-4H3. The van der Waals surface area contributed by atoms with Crippen molar-refractivity contribution in [3.63, 3.8) is 0 Å². The topological polar surface area (TPSA) is 21.3 Å². The van der Waals surface area contributed by atoms with Crippen molar-refractivity contribution in [2.75, 3.05) is 13.7 Å². The largest absolute Gasteiger partial charge is 0.494 e. The number of hydrogen-bond donors (Lipinski definition) is 1. The second kappa shape index (κ2) is 5.01. The number of hydrogen-bond acceptors (Lipinski definition) is 2. The summed E-state index contributed by atoms with van der Waals surface area (Å²) in [6, 6.07) is 4.20. The number of ether oxygens (including phenoxy) is 1. The van der Waals surface area contributed by atoms with Crippen LogP contribution in [0.4, 0.5) is 0 Å². The molecule has 0 bridgehead atoms. The molecule has 0 unspecified atom stereocenters. The maximum absolute atomic E-state index is 5.48. The van der Waals surface area contributed by atoms with Crippen LogP contribution >= 0.6 is 0 Å². The molecule has 78 valence electrons. The number of rotatable bonds is 4. The van der Waals surface area contributed by atoms with Crippen molar-refractivity contribution >= 4 is 0 Å². The molecule has 14 heavy (non-hydrogen) atoms. The Morgan fingerprint density at radius 1 is 1.21 bits per heavy atom. The molecule has 0 heterocycles. The van der Waals surface area contributed by atoms with Gasteiger partial charge in [-0.3, -0.25) is 0 Å². The van der Waals surface area contributed by atoms with Crippen LogP contribution in [-0.4, -0.2) is 13.7 Å². The van der Waals surface area contributed by atoms with E-state index in [1.165, 1.54) is 16.7 Å². The highest BCUT2D eigenvalue weighted by Crippen LogP contribution is 2.21. The molecule has 2 heteroatoms. The average Bonchev–Trinajstić information content (AvgIpc) is 2.12. The molecule has 1 aromatic carbocycles. The van der Waals surface area contributed by atoms with Crippen LogP contribution in [0.5, 0.6) is 5.75 Å². The number of aryl methyl sites for hydroxylation is 2. The van der Waals surface area contributed by atoms with Gasteiger partial charge in [-0.1, -0.05) is 0 Å². The van der Waals surface area contributed by atoms with Gasteiger partial charge in [0.1, 0.15) is 5.75 Å². The first-order valence-corrected chi connectivity index (χ1v) is 5.06. The molecule has 0 atom stereocenters. The Hall–Kier alpha value is -1.02. The van der Waals surface area contributed by atoms with Crippen molar-refractivity contribution in [3.05, 3.63) is 28.8 Å². The smallest absolute Gasteiger partial charge is 0.119 e. The lowest BCUT2D eigenvalue weighted by molar-refractivity contribution is 0.339. The zero-order valence-corrected chi connectivity index (χ0v) is 9.48. The van der Waals surface area contributed by atoms with Crippen LogP contribution in [0.25, 0.3) is 0 Å². The fourth-order valence-electron chi connectivity index (χ4n) is 1.66. The molecular weight excluding hydrogens is 174 g/mol. The van der Waals surface area contributed by atoms with Gasteiger partial charge in [0, 0.05) is 6.54 Å². The van der Waals surface area contributed by atoms with Crippen molar-refractivity contribution in [2.45, 2.75) is 27.3 Å². The summed E-state index contributed by atoms with van der Waals surface area (Å²) in [5.41, 5.74) is 3.96. The Morgan fingerprint density at radius 3 is 2.21 bits per heavy atom. The Labute approximate surface area is 86.3 Å². The van der Waals surface area contributed by atoms with Crippen molar-refractivity contribution in [1.29, 1.82) is 0 Å². The van der Waals surface area contributed by atoms with Crippen LogP contribution in [0, 0.1) is 13.8 Å². The first-order chi connectivity index (χ1) is 6.69. The molecule has 0 aliphatic heterocycles. The van der Waals surface area contributed by atoms with Crippen LogP contribution in [0.1, 0.15) is 23.6 Å². The van der Waals surface area contributed by atoms with Gasteiger partial charge in [-0.15, -0.1) is 0 Å². The fourth-order valence-corrected chi connectivity index (χ4v) is 1.66. The third-order valence-corrected chi connectivity index (χ3v) is 2.33. The van der Waals surface area contributed by atoms with E-state index in [9.17, 15) is 0 Å². The Morgan fingerprint density at radius 2 is 1.79 bits per heavy atom. The lowest BCUT2D eigenvalue weighted by atomic mass is 10.0. The molecule has 1 aromatic rings. The summed E-state index contributed by atoms with van der Waals surface area (Å²) >= 11 is 0. The highest BCUT2D eigenvalue weighted by Gasteiger charge is 2.04. The third kappa shape index (κ3) is 2.48. The van der Waals surface area contributed by atoms with Gasteiger partial charge < -0.3 is 10.1 Å². The number of benzene rings is 1. The van der Waals surface area contributed by atoms with Crippen LogP contribution in [0.3, 0.4) is 0 Å². The highest BCUT2D eigenvalue weighted by atomic mass is 16.5. The van der Waals surface area contributed by atoms with Crippen molar-refractivity contribution < 1.29 is 4.74 Å². The molecule has 0 saturated carbocycles. The van der Waals surface area contributed by atoms with Crippen LogP contribution in [0.2, 0.25) is 0 Å². The molecule has 0 radical (unpaired) electrons. The normalized spacial score (nSPS) is 10.3. The fraction of sp³-hybridized carbons (Fsp3) is 0.500. The van der Waals surface area contributed by atoms with Crippen molar-refractivity contribution in [3.8, 4) is 5.75 Å². The lowest BCUT2D eigenvalue weighted by Crippen LogP contribution is -2.08. The molecule has 0 aromatic heterocycles. The molecular formula is C12H19NO. The lowest BCUT2D eigenvalue weighted by Gasteiger charge is -2.12. The summed E-state index contributed by atoms with van der Waals surface area (Å²) < 4.78 is 5.48. The van der Waals surface area contributed by atoms with Crippen molar-refractivity contribution in [1.82, 2.24) is 5.32 Å². The third-order valence-electron chi connectivity index (χ3n) is 2.33. The summed E-state index contributed by atoms with van der Waals surface area (Å²) in [6.07, 6.45) is 0. The average molecular weight is 193 g/mol. The predicted molar refractivity (Wildman–Crippen MR) is 59.8 cm³/mol. The molecule has 0 aliphatic carbocycles. The quantitative estimate of drug-likeness (QED) is 0.793. The van der Waals surface area contributed by atoms with Gasteiger partial charge in [0.15, 0.2) is 0 Å². The molecule has 0 fully saturated rings. The minimum Gasteiger partial charge on any atom is -0.494 e. The van der Waals surface area contributed by atoms with Crippen LogP contribution in [-0.2, 0) is 6.54 Å². The zero-order valence-electron chi connectivity index (χ0n) is 9.48. The Kier molecular flexibility index (Phi) is 3.96. The van der Waals surface area contributed by atoms with E-state index in [1.54, 1.807) is 0 Å². The Balaban J connectivity index is 2.98. The molecule has 1 rings (SSSR count). The summed E-state index contributed by atoms with van der Waals surface area (Å²) in [5, 5.41) is 3.18. The minimum absolute atomic E-state index is 0.726. The van der Waals surface area contributed by atoms with Crippen molar-refractivity contribution in [2.24, 2.45) is 0 Å². The van der Waals surface area contributed by atoms with Gasteiger partial charge in [0.2, 0.25) is 0 Å². The van der Waals surface area contributed by atoms with Gasteiger partial charge >= 0.3 is 0 Å². The summed E-state index contributed by atoms with van der Waals surface area (Å²) in [4.78, 5) is 0. The summed E-state index contributed by atoms with van der Waals surface area (Å²) in [7, 11) is 1.97. The summed E-state index contributed by atoms with van der Waals surface area (Å²) in [5.74, 6) is 0.974. The van der Waals surface area contributed by atoms with E-state index in [4.69, 9.17) is 4.74 Å². The van der Waals surface area contributed by atoms with E-state index in [1.807, 2.05) is 14.0 Å². The number of nitrogens with one attached hydrogen (secondary N) is 1.